The van der Waals surface area contributed by atoms with Crippen LogP contribution in [0.5, 0.6) is 11.5 Å². The van der Waals surface area contributed by atoms with Crippen LogP contribution < -0.4 is 26.0 Å². The Hall–Kier alpha value is -8.92. The number of hydrogen-bond donors (Lipinski definition) is 0. The van der Waals surface area contributed by atoms with Gasteiger partial charge in [0.05, 0.1) is 11.1 Å². The summed E-state index contributed by atoms with van der Waals surface area (Å²) in [5.41, 5.74) is 29.5. The summed E-state index contributed by atoms with van der Waals surface area (Å²) in [6, 6.07) is 90.8. The molecule has 2 aliphatic heterocycles. The van der Waals surface area contributed by atoms with Crippen LogP contribution in [0.4, 0.5) is 17.1 Å². The average Bonchev–Trinajstić information content (AvgIpc) is 1.29. The van der Waals surface area contributed by atoms with E-state index in [0.29, 0.717) is 0 Å². The molecule has 11 aromatic rings. The summed E-state index contributed by atoms with van der Waals surface area (Å²) in [7, 11) is 0. The highest BCUT2D eigenvalue weighted by Crippen LogP contribution is 2.60. The van der Waals surface area contributed by atoms with Crippen molar-refractivity contribution >= 4 is 40.2 Å². The van der Waals surface area contributed by atoms with Gasteiger partial charge in [0.1, 0.15) is 11.5 Å². The Morgan fingerprint density at radius 1 is 0.300 bits per heavy atom. The van der Waals surface area contributed by atoms with Gasteiger partial charge in [-0.3, -0.25) is 0 Å². The summed E-state index contributed by atoms with van der Waals surface area (Å²) >= 11 is 0. The van der Waals surface area contributed by atoms with Gasteiger partial charge in [0, 0.05) is 16.9 Å². The Morgan fingerprint density at radius 2 is 0.767 bits per heavy atom. The van der Waals surface area contributed by atoms with Crippen molar-refractivity contribution in [1.29, 1.82) is 0 Å². The lowest BCUT2D eigenvalue weighted by atomic mass is 9.34. The zero-order valence-corrected chi connectivity index (χ0v) is 55.4. The van der Waals surface area contributed by atoms with E-state index in [9.17, 15) is 0 Å². The molecule has 0 saturated carbocycles. The first kappa shape index (κ1) is 58.7. The number of hydrogen-bond acceptors (Lipinski definition) is 2. The first-order valence-electron chi connectivity index (χ1n) is 32.6. The summed E-state index contributed by atoms with van der Waals surface area (Å²) < 4.78 is 7.78. The molecular formula is C87H84BNO. The molecule has 1 aliphatic carbocycles. The second-order valence-electron chi connectivity index (χ2n) is 31.0. The molecule has 90 heavy (non-hydrogen) atoms. The van der Waals surface area contributed by atoms with Crippen molar-refractivity contribution in [3.63, 3.8) is 0 Å². The lowest BCUT2D eigenvalue weighted by molar-refractivity contribution is 0.488. The van der Waals surface area contributed by atoms with Gasteiger partial charge in [-0.2, -0.15) is 0 Å². The van der Waals surface area contributed by atoms with Crippen LogP contribution in [0.25, 0.3) is 55.6 Å². The Labute approximate surface area is 536 Å². The van der Waals surface area contributed by atoms with E-state index in [1.165, 1.54) is 106 Å². The Balaban J connectivity index is 1.10. The fraction of sp³-hybridized carbons (Fsp3) is 0.241. The van der Waals surface area contributed by atoms with Crippen molar-refractivity contribution in [1.82, 2.24) is 0 Å². The largest absolute Gasteiger partial charge is 0.458 e. The molecule has 0 bridgehead atoms. The molecule has 0 unspecified atom stereocenters. The lowest BCUT2D eigenvalue weighted by Crippen LogP contribution is -2.59. The van der Waals surface area contributed by atoms with Gasteiger partial charge in [0.25, 0.3) is 6.71 Å². The third kappa shape index (κ3) is 9.87. The number of nitrogens with zero attached hydrogens (tertiary/aromatic N) is 1. The van der Waals surface area contributed by atoms with E-state index < -0.39 is 5.41 Å². The molecule has 3 aliphatic rings. The van der Waals surface area contributed by atoms with E-state index in [1.807, 2.05) is 0 Å². The zero-order valence-electron chi connectivity index (χ0n) is 55.4. The molecule has 0 radical (unpaired) electrons. The van der Waals surface area contributed by atoms with Crippen LogP contribution in [-0.2, 0) is 32.5 Å². The first-order valence-corrected chi connectivity index (χ1v) is 32.6. The fourth-order valence-electron chi connectivity index (χ4n) is 14.6. The van der Waals surface area contributed by atoms with Gasteiger partial charge in [-0.1, -0.05) is 304 Å². The predicted molar refractivity (Wildman–Crippen MR) is 385 cm³/mol. The van der Waals surface area contributed by atoms with E-state index in [-0.39, 0.29) is 33.8 Å². The number of fused-ring (bicyclic) bond motifs is 7. The normalized spacial score (nSPS) is 14.1. The lowest BCUT2D eigenvalue weighted by Gasteiger charge is -2.42. The molecule has 0 spiro atoms. The summed E-state index contributed by atoms with van der Waals surface area (Å²) in [5, 5.41) is 0. The van der Waals surface area contributed by atoms with Crippen LogP contribution in [0.15, 0.2) is 237 Å². The Bertz CT molecular complexity index is 4530. The number of anilines is 3. The van der Waals surface area contributed by atoms with Gasteiger partial charge in [-0.25, -0.2) is 0 Å². The van der Waals surface area contributed by atoms with Crippen molar-refractivity contribution in [2.24, 2.45) is 0 Å². The SMILES string of the molecule is CC(C)(C)c1cc(-c2ccc3c(c2)Oc2cc(-c4cccc5c4C(c4ccccc4)(c4ccccc4)c4ccccc4-5)cc4c2B3c2ccc(-c3cc(C(C)(C)C)cc(C(C)(C)C)c3)cc2N4c2ccc(C(C)(C)C)cc2-c2ccccc2)cc(C(C)(C)C)c1. The summed E-state index contributed by atoms with van der Waals surface area (Å²) in [6.07, 6.45) is 0. The van der Waals surface area contributed by atoms with Crippen LogP contribution in [0.1, 0.15) is 154 Å². The quantitative estimate of drug-likeness (QED) is 0.148. The van der Waals surface area contributed by atoms with Crippen molar-refractivity contribution in [3.05, 3.63) is 287 Å². The van der Waals surface area contributed by atoms with Crippen LogP contribution in [-0.4, -0.2) is 6.71 Å². The molecule has 0 amide bonds. The van der Waals surface area contributed by atoms with Gasteiger partial charge in [-0.05, 0) is 180 Å². The Kier molecular flexibility index (Phi) is 13.8. The van der Waals surface area contributed by atoms with E-state index >= 15 is 0 Å². The number of rotatable bonds is 7. The summed E-state index contributed by atoms with van der Waals surface area (Å²) in [6.45, 7) is 34.8. The van der Waals surface area contributed by atoms with Crippen molar-refractivity contribution in [2.45, 2.75) is 136 Å². The number of benzene rings is 11. The van der Waals surface area contributed by atoms with Crippen molar-refractivity contribution in [2.75, 3.05) is 4.90 Å². The summed E-state index contributed by atoms with van der Waals surface area (Å²) in [4.78, 5) is 2.62. The van der Waals surface area contributed by atoms with E-state index in [4.69, 9.17) is 4.74 Å². The fourth-order valence-corrected chi connectivity index (χ4v) is 14.6. The van der Waals surface area contributed by atoms with Crippen LogP contribution >= 0.6 is 0 Å². The minimum Gasteiger partial charge on any atom is -0.458 e. The van der Waals surface area contributed by atoms with E-state index in [0.717, 1.165) is 45.2 Å². The second kappa shape index (κ2) is 21.1. The minimum atomic E-state index is -0.644. The third-order valence-corrected chi connectivity index (χ3v) is 19.7. The smallest absolute Gasteiger partial charge is 0.256 e. The van der Waals surface area contributed by atoms with E-state index in [1.54, 1.807) is 0 Å². The molecule has 0 atom stereocenters. The van der Waals surface area contributed by atoms with Gasteiger partial charge >= 0.3 is 0 Å². The topological polar surface area (TPSA) is 12.5 Å². The molecule has 446 valence electrons. The molecule has 0 saturated heterocycles. The monoisotopic (exact) mass is 1170 g/mol. The molecule has 0 N–H and O–H groups in total. The number of ether oxygens (including phenoxy) is 1. The van der Waals surface area contributed by atoms with Gasteiger partial charge in [-0.15, -0.1) is 0 Å². The van der Waals surface area contributed by atoms with E-state index in [2.05, 4.69) is 345 Å². The standard InChI is InChI=1S/C87H84BNO/c1-82(2,3)63-40-43-75(71(54-63)55-28-19-16-20-29-55)89-76-48-56(58-44-64(83(4,5)6)52-65(45-58)84(7,8)9)38-41-73(76)88-74-42-39-57(59-46-66(85(10,11)12)53-67(47-59)86(13,14)15)50-78(74)90-79-51-60(49-77(89)81(79)88)68-35-27-36-70-69-34-25-26-37-72(69)87(80(68)70,61-30-21-17-22-31-61)62-32-23-18-24-33-62/h16-54H,1-15H3. The first-order chi connectivity index (χ1) is 42.8. The molecule has 2 nitrogen and oxygen atoms in total. The average molecular weight is 1170 g/mol. The molecule has 14 rings (SSSR count). The van der Waals surface area contributed by atoms with Crippen LogP contribution in [0.2, 0.25) is 0 Å². The van der Waals surface area contributed by atoms with Crippen LogP contribution in [0, 0.1) is 0 Å². The second-order valence-corrected chi connectivity index (χ2v) is 31.0. The molecule has 3 heteroatoms. The highest BCUT2D eigenvalue weighted by Gasteiger charge is 2.49. The zero-order chi connectivity index (χ0) is 63.0. The predicted octanol–water partition coefficient (Wildman–Crippen LogP) is 21.6. The maximum Gasteiger partial charge on any atom is 0.256 e. The third-order valence-electron chi connectivity index (χ3n) is 19.7. The summed E-state index contributed by atoms with van der Waals surface area (Å²) in [5.74, 6) is 1.75. The molecule has 0 fully saturated rings. The highest BCUT2D eigenvalue weighted by molar-refractivity contribution is 6.99. The molecular weight excluding hydrogens is 1090 g/mol. The maximum absolute atomic E-state index is 7.78. The van der Waals surface area contributed by atoms with Gasteiger partial charge in [0.15, 0.2) is 0 Å². The highest BCUT2D eigenvalue weighted by atomic mass is 16.5. The molecule has 2 heterocycles. The van der Waals surface area contributed by atoms with Gasteiger partial charge < -0.3 is 9.64 Å². The Morgan fingerprint density at radius 3 is 1.32 bits per heavy atom. The van der Waals surface area contributed by atoms with Gasteiger partial charge in [0.2, 0.25) is 0 Å². The molecule has 0 aromatic heterocycles. The van der Waals surface area contributed by atoms with Crippen molar-refractivity contribution in [3.8, 4) is 67.1 Å². The maximum atomic E-state index is 7.78. The minimum absolute atomic E-state index is 0.0452. The van der Waals surface area contributed by atoms with Crippen molar-refractivity contribution < 1.29 is 4.74 Å². The van der Waals surface area contributed by atoms with Crippen LogP contribution in [0.3, 0.4) is 0 Å². The molecule has 11 aromatic carbocycles.